The summed E-state index contributed by atoms with van der Waals surface area (Å²) in [6, 6.07) is 0. The molecule has 0 bridgehead atoms. The molecule has 3 heteroatoms. The van der Waals surface area contributed by atoms with Crippen LogP contribution in [0.5, 0.6) is 0 Å². The van der Waals surface area contributed by atoms with Crippen LogP contribution >= 0.6 is 11.8 Å². The van der Waals surface area contributed by atoms with Crippen LogP contribution in [0.25, 0.3) is 0 Å². The molecule has 0 aromatic rings. The maximum absolute atomic E-state index is 6.06. The Morgan fingerprint density at radius 1 is 1.13 bits per heavy atom. The van der Waals surface area contributed by atoms with Crippen molar-refractivity contribution in [1.29, 1.82) is 0 Å². The smallest absolute Gasteiger partial charge is 0.0332 e. The van der Waals surface area contributed by atoms with Crippen LogP contribution in [-0.4, -0.2) is 41.6 Å². The zero-order chi connectivity index (χ0) is 11.1. The van der Waals surface area contributed by atoms with Crippen LogP contribution < -0.4 is 5.73 Å². The van der Waals surface area contributed by atoms with E-state index in [1.165, 1.54) is 50.3 Å². The van der Waals surface area contributed by atoms with Gasteiger partial charge < -0.3 is 5.73 Å². The Morgan fingerprint density at radius 3 is 2.07 bits per heavy atom. The second-order valence-electron chi connectivity index (χ2n) is 4.53. The van der Waals surface area contributed by atoms with E-state index in [1.54, 1.807) is 0 Å². The zero-order valence-corrected chi connectivity index (χ0v) is 11.1. The Morgan fingerprint density at radius 2 is 1.67 bits per heavy atom. The maximum atomic E-state index is 6.06. The highest BCUT2D eigenvalue weighted by molar-refractivity contribution is 7.99. The minimum atomic E-state index is 0.310. The highest BCUT2D eigenvalue weighted by Gasteiger charge is 2.34. The average Bonchev–Trinajstić information content (AvgIpc) is 2.30. The summed E-state index contributed by atoms with van der Waals surface area (Å²) in [5.74, 6) is 2.57. The maximum Gasteiger partial charge on any atom is 0.0332 e. The Labute approximate surface area is 99.0 Å². The lowest BCUT2D eigenvalue weighted by Crippen LogP contribution is -2.56. The molecule has 0 spiro atoms. The normalized spacial score (nSPS) is 19.4. The van der Waals surface area contributed by atoms with Crippen molar-refractivity contribution >= 4 is 11.8 Å². The van der Waals surface area contributed by atoms with E-state index in [0.717, 1.165) is 6.54 Å². The van der Waals surface area contributed by atoms with E-state index in [9.17, 15) is 0 Å². The number of rotatable bonds is 6. The first kappa shape index (κ1) is 13.3. The van der Waals surface area contributed by atoms with Crippen molar-refractivity contribution in [3.8, 4) is 0 Å². The number of hydrogen-bond donors (Lipinski definition) is 1. The van der Waals surface area contributed by atoms with Gasteiger partial charge in [-0.15, -0.1) is 0 Å². The standard InChI is InChI=1S/C12H26N2S/c1-3-5-12(11-13,6-4-2)14-7-9-15-10-8-14/h3-11,13H2,1-2H3. The van der Waals surface area contributed by atoms with E-state index in [0.29, 0.717) is 5.54 Å². The molecule has 15 heavy (non-hydrogen) atoms. The molecule has 2 N–H and O–H groups in total. The van der Waals surface area contributed by atoms with Gasteiger partial charge in [0.05, 0.1) is 0 Å². The topological polar surface area (TPSA) is 29.3 Å². The summed E-state index contributed by atoms with van der Waals surface area (Å²) >= 11 is 2.08. The van der Waals surface area contributed by atoms with E-state index in [1.807, 2.05) is 0 Å². The molecule has 0 saturated carbocycles. The summed E-state index contributed by atoms with van der Waals surface area (Å²) in [5.41, 5.74) is 6.37. The summed E-state index contributed by atoms with van der Waals surface area (Å²) in [4.78, 5) is 2.66. The lowest BCUT2D eigenvalue weighted by Gasteiger charge is -2.45. The molecule has 90 valence electrons. The van der Waals surface area contributed by atoms with Gasteiger partial charge in [-0.3, -0.25) is 4.90 Å². The molecule has 0 aromatic heterocycles. The largest absolute Gasteiger partial charge is 0.329 e. The third-order valence-electron chi connectivity index (χ3n) is 3.49. The predicted molar refractivity (Wildman–Crippen MR) is 70.5 cm³/mol. The molecule has 1 heterocycles. The van der Waals surface area contributed by atoms with E-state index in [4.69, 9.17) is 5.73 Å². The Bertz CT molecular complexity index is 161. The lowest BCUT2D eigenvalue weighted by molar-refractivity contribution is 0.0853. The van der Waals surface area contributed by atoms with E-state index >= 15 is 0 Å². The van der Waals surface area contributed by atoms with Crippen molar-refractivity contribution in [3.63, 3.8) is 0 Å². The molecule has 0 unspecified atom stereocenters. The van der Waals surface area contributed by atoms with Gasteiger partial charge in [-0.25, -0.2) is 0 Å². The van der Waals surface area contributed by atoms with Gasteiger partial charge in [0.1, 0.15) is 0 Å². The Balaban J connectivity index is 2.66. The molecule has 1 saturated heterocycles. The number of thioether (sulfide) groups is 1. The molecule has 0 aromatic carbocycles. The minimum Gasteiger partial charge on any atom is -0.329 e. The van der Waals surface area contributed by atoms with Gasteiger partial charge >= 0.3 is 0 Å². The molecule has 1 aliphatic heterocycles. The van der Waals surface area contributed by atoms with Crippen molar-refractivity contribution in [2.75, 3.05) is 31.1 Å². The second-order valence-corrected chi connectivity index (χ2v) is 5.75. The first-order valence-electron chi connectivity index (χ1n) is 6.32. The predicted octanol–water partition coefficient (Wildman–Crippen LogP) is 2.33. The van der Waals surface area contributed by atoms with Gasteiger partial charge in [-0.05, 0) is 12.8 Å². The SMILES string of the molecule is CCCC(CN)(CCC)N1CCSCC1. The molecule has 1 fully saturated rings. The van der Waals surface area contributed by atoms with Crippen molar-refractivity contribution in [2.24, 2.45) is 5.73 Å². The van der Waals surface area contributed by atoms with Crippen molar-refractivity contribution in [1.82, 2.24) is 4.90 Å². The summed E-state index contributed by atoms with van der Waals surface area (Å²) in [6.45, 7) is 7.86. The highest BCUT2D eigenvalue weighted by atomic mass is 32.2. The van der Waals surface area contributed by atoms with Crippen molar-refractivity contribution < 1.29 is 0 Å². The van der Waals surface area contributed by atoms with E-state index in [-0.39, 0.29) is 0 Å². The van der Waals surface area contributed by atoms with Crippen molar-refractivity contribution in [3.05, 3.63) is 0 Å². The van der Waals surface area contributed by atoms with Crippen LogP contribution in [0.2, 0.25) is 0 Å². The molecule has 2 nitrogen and oxygen atoms in total. The summed E-state index contributed by atoms with van der Waals surface area (Å²) in [7, 11) is 0. The summed E-state index contributed by atoms with van der Waals surface area (Å²) in [6.07, 6.45) is 5.03. The van der Waals surface area contributed by atoms with Crippen LogP contribution in [0.15, 0.2) is 0 Å². The molecule has 0 radical (unpaired) electrons. The Hall–Kier alpha value is 0.270. The van der Waals surface area contributed by atoms with Gasteiger partial charge in [0.15, 0.2) is 0 Å². The zero-order valence-electron chi connectivity index (χ0n) is 10.3. The fourth-order valence-electron chi connectivity index (χ4n) is 2.74. The Kier molecular flexibility index (Phi) is 6.02. The fourth-order valence-corrected chi connectivity index (χ4v) is 3.65. The van der Waals surface area contributed by atoms with E-state index < -0.39 is 0 Å². The van der Waals surface area contributed by atoms with Crippen LogP contribution in [0.3, 0.4) is 0 Å². The quantitative estimate of drug-likeness (QED) is 0.759. The monoisotopic (exact) mass is 230 g/mol. The molecular formula is C12H26N2S. The minimum absolute atomic E-state index is 0.310. The van der Waals surface area contributed by atoms with E-state index in [2.05, 4.69) is 30.5 Å². The molecule has 1 rings (SSSR count). The molecule has 0 atom stereocenters. The number of nitrogens with zero attached hydrogens (tertiary/aromatic N) is 1. The molecule has 1 aliphatic rings. The highest BCUT2D eigenvalue weighted by Crippen LogP contribution is 2.28. The molecule has 0 aliphatic carbocycles. The van der Waals surface area contributed by atoms with Gasteiger partial charge in [0, 0.05) is 36.7 Å². The van der Waals surface area contributed by atoms with Crippen molar-refractivity contribution in [2.45, 2.75) is 45.1 Å². The first-order chi connectivity index (χ1) is 7.29. The second kappa shape index (κ2) is 6.77. The van der Waals surface area contributed by atoms with Gasteiger partial charge in [0.2, 0.25) is 0 Å². The van der Waals surface area contributed by atoms with Gasteiger partial charge in [-0.2, -0.15) is 11.8 Å². The summed E-state index contributed by atoms with van der Waals surface area (Å²) < 4.78 is 0. The third-order valence-corrected chi connectivity index (χ3v) is 4.44. The van der Waals surface area contributed by atoms with Gasteiger partial charge in [0.25, 0.3) is 0 Å². The number of hydrogen-bond acceptors (Lipinski definition) is 3. The van der Waals surface area contributed by atoms with Crippen LogP contribution in [0.1, 0.15) is 39.5 Å². The lowest BCUT2D eigenvalue weighted by atomic mass is 9.86. The van der Waals surface area contributed by atoms with Crippen LogP contribution in [0, 0.1) is 0 Å². The van der Waals surface area contributed by atoms with Crippen LogP contribution in [0.4, 0.5) is 0 Å². The average molecular weight is 230 g/mol. The van der Waals surface area contributed by atoms with Crippen LogP contribution in [-0.2, 0) is 0 Å². The fraction of sp³-hybridized carbons (Fsp3) is 1.00. The summed E-state index contributed by atoms with van der Waals surface area (Å²) in [5, 5.41) is 0. The first-order valence-corrected chi connectivity index (χ1v) is 7.47. The third kappa shape index (κ3) is 3.36. The molecular weight excluding hydrogens is 204 g/mol. The number of nitrogens with two attached hydrogens (primary N) is 1. The van der Waals surface area contributed by atoms with Gasteiger partial charge in [-0.1, -0.05) is 26.7 Å². The molecule has 0 amide bonds.